The van der Waals surface area contributed by atoms with Gasteiger partial charge < -0.3 is 19.5 Å². The van der Waals surface area contributed by atoms with Gasteiger partial charge in [-0.2, -0.15) is 13.2 Å². The fourth-order valence-electron chi connectivity index (χ4n) is 1.63. The third-order valence-corrected chi connectivity index (χ3v) is 2.54. The van der Waals surface area contributed by atoms with Crippen molar-refractivity contribution in [3.05, 3.63) is 29.8 Å². The molecule has 0 saturated heterocycles. The highest BCUT2D eigenvalue weighted by molar-refractivity contribution is 5.67. The average molecular weight is 307 g/mol. The number of methoxy groups -OCH3 is 1. The van der Waals surface area contributed by atoms with Crippen LogP contribution in [0.1, 0.15) is 5.56 Å². The summed E-state index contributed by atoms with van der Waals surface area (Å²) in [6.07, 6.45) is -5.74. The molecule has 0 aliphatic carbocycles. The van der Waals surface area contributed by atoms with Gasteiger partial charge in [-0.15, -0.1) is 0 Å². The highest BCUT2D eigenvalue weighted by atomic mass is 19.4. The van der Waals surface area contributed by atoms with E-state index in [-0.39, 0.29) is 13.1 Å². The van der Waals surface area contributed by atoms with E-state index in [1.54, 1.807) is 24.3 Å². The summed E-state index contributed by atoms with van der Waals surface area (Å²) in [5.74, 6) is 0.490. The normalized spacial score (nSPS) is 11.1. The van der Waals surface area contributed by atoms with Crippen LogP contribution in [0, 0.1) is 0 Å². The Morgan fingerprint density at radius 1 is 1.33 bits per heavy atom. The zero-order chi connectivity index (χ0) is 15.9. The molecule has 1 rings (SSSR count). The van der Waals surface area contributed by atoms with Crippen molar-refractivity contribution in [2.75, 3.05) is 26.9 Å². The Morgan fingerprint density at radius 3 is 2.57 bits per heavy atom. The molecule has 8 heteroatoms. The Labute approximate surface area is 119 Å². The Morgan fingerprint density at radius 2 is 2.00 bits per heavy atom. The molecule has 0 aliphatic heterocycles. The van der Waals surface area contributed by atoms with Crippen LogP contribution < -0.4 is 4.74 Å². The molecule has 0 aromatic heterocycles. The van der Waals surface area contributed by atoms with E-state index in [2.05, 4.69) is 4.74 Å². The average Bonchev–Trinajstić information content (AvgIpc) is 2.44. The van der Waals surface area contributed by atoms with Crippen molar-refractivity contribution in [2.24, 2.45) is 0 Å². The number of aliphatic hydroxyl groups is 1. The number of rotatable bonds is 6. The molecular formula is C13H16F3NO4. The Hall–Kier alpha value is -1.96. The first kappa shape index (κ1) is 17.1. The lowest BCUT2D eigenvalue weighted by Gasteiger charge is -2.22. The van der Waals surface area contributed by atoms with Gasteiger partial charge in [0.25, 0.3) is 0 Å². The topological polar surface area (TPSA) is 59.0 Å². The van der Waals surface area contributed by atoms with Crippen molar-refractivity contribution in [3.63, 3.8) is 0 Å². The van der Waals surface area contributed by atoms with Gasteiger partial charge >= 0.3 is 12.3 Å². The van der Waals surface area contributed by atoms with Crippen molar-refractivity contribution < 1.29 is 32.5 Å². The van der Waals surface area contributed by atoms with Crippen molar-refractivity contribution in [1.29, 1.82) is 0 Å². The maximum Gasteiger partial charge on any atom is 0.422 e. The summed E-state index contributed by atoms with van der Waals surface area (Å²) in [5.41, 5.74) is 0.595. The minimum Gasteiger partial charge on any atom is -0.496 e. The lowest BCUT2D eigenvalue weighted by Crippen LogP contribution is -2.35. The van der Waals surface area contributed by atoms with Gasteiger partial charge in [-0.1, -0.05) is 18.2 Å². The monoisotopic (exact) mass is 307 g/mol. The van der Waals surface area contributed by atoms with Crippen LogP contribution in [-0.2, 0) is 11.3 Å². The van der Waals surface area contributed by atoms with Crippen LogP contribution in [0.25, 0.3) is 0 Å². The molecule has 0 fully saturated rings. The third kappa shape index (κ3) is 5.90. The van der Waals surface area contributed by atoms with Gasteiger partial charge in [0, 0.05) is 12.1 Å². The van der Waals surface area contributed by atoms with E-state index in [4.69, 9.17) is 9.84 Å². The van der Waals surface area contributed by atoms with Gasteiger partial charge in [0.1, 0.15) is 5.75 Å². The van der Waals surface area contributed by atoms with E-state index in [0.29, 0.717) is 11.3 Å². The number of benzene rings is 1. The van der Waals surface area contributed by atoms with Gasteiger partial charge in [-0.05, 0) is 6.07 Å². The lowest BCUT2D eigenvalue weighted by molar-refractivity contribution is -0.162. The molecule has 1 N–H and O–H groups in total. The van der Waals surface area contributed by atoms with E-state index in [1.165, 1.54) is 7.11 Å². The largest absolute Gasteiger partial charge is 0.496 e. The summed E-state index contributed by atoms with van der Waals surface area (Å²) in [7, 11) is 1.44. The lowest BCUT2D eigenvalue weighted by atomic mass is 10.2. The minimum absolute atomic E-state index is 0.0265. The molecular weight excluding hydrogens is 291 g/mol. The number of carbonyl (C=O) groups excluding carboxylic acids is 1. The number of hydrogen-bond acceptors (Lipinski definition) is 4. The highest BCUT2D eigenvalue weighted by Crippen LogP contribution is 2.20. The Bertz CT molecular complexity index is 465. The molecule has 1 aromatic rings. The second kappa shape index (κ2) is 7.72. The number of ether oxygens (including phenoxy) is 2. The van der Waals surface area contributed by atoms with Crippen molar-refractivity contribution in [2.45, 2.75) is 12.7 Å². The SMILES string of the molecule is COc1ccccc1CN(CCO)C(=O)OCC(F)(F)F. The number of hydrogen-bond donors (Lipinski definition) is 1. The molecule has 0 radical (unpaired) electrons. The van der Waals surface area contributed by atoms with Crippen molar-refractivity contribution >= 4 is 6.09 Å². The van der Waals surface area contributed by atoms with E-state index < -0.39 is 25.5 Å². The number of para-hydroxylation sites is 1. The fourth-order valence-corrected chi connectivity index (χ4v) is 1.63. The number of halogens is 3. The smallest absolute Gasteiger partial charge is 0.422 e. The summed E-state index contributed by atoms with van der Waals surface area (Å²) in [6, 6.07) is 6.75. The predicted octanol–water partition coefficient (Wildman–Crippen LogP) is 2.19. The summed E-state index contributed by atoms with van der Waals surface area (Å²) in [4.78, 5) is 12.6. The second-order valence-corrected chi connectivity index (χ2v) is 4.13. The van der Waals surface area contributed by atoms with Gasteiger partial charge in [0.15, 0.2) is 6.61 Å². The summed E-state index contributed by atoms with van der Waals surface area (Å²) in [5, 5.41) is 8.92. The maximum absolute atomic E-state index is 12.0. The molecule has 0 unspecified atom stereocenters. The summed E-state index contributed by atoms with van der Waals surface area (Å²) in [6.45, 7) is -2.23. The first-order valence-electron chi connectivity index (χ1n) is 6.08. The molecule has 0 heterocycles. The quantitative estimate of drug-likeness (QED) is 0.875. The van der Waals surface area contributed by atoms with Crippen LogP contribution >= 0.6 is 0 Å². The summed E-state index contributed by atoms with van der Waals surface area (Å²) >= 11 is 0. The number of alkyl halides is 3. The first-order valence-corrected chi connectivity index (χ1v) is 6.08. The van der Waals surface area contributed by atoms with E-state index in [1.807, 2.05) is 0 Å². The molecule has 5 nitrogen and oxygen atoms in total. The van der Waals surface area contributed by atoms with Crippen LogP contribution in [-0.4, -0.2) is 49.1 Å². The van der Waals surface area contributed by atoms with Crippen molar-refractivity contribution in [1.82, 2.24) is 4.90 Å². The van der Waals surface area contributed by atoms with Gasteiger partial charge in [0.05, 0.1) is 20.3 Å². The molecule has 0 saturated carbocycles. The Kier molecular flexibility index (Phi) is 6.29. The second-order valence-electron chi connectivity index (χ2n) is 4.13. The molecule has 0 spiro atoms. The number of carbonyl (C=O) groups is 1. The van der Waals surface area contributed by atoms with Gasteiger partial charge in [-0.25, -0.2) is 4.79 Å². The molecule has 0 atom stereocenters. The molecule has 1 amide bonds. The highest BCUT2D eigenvalue weighted by Gasteiger charge is 2.30. The maximum atomic E-state index is 12.0. The Balaban J connectivity index is 2.75. The van der Waals surface area contributed by atoms with Crippen LogP contribution in [0.2, 0.25) is 0 Å². The third-order valence-electron chi connectivity index (χ3n) is 2.54. The van der Waals surface area contributed by atoms with Crippen LogP contribution in [0.15, 0.2) is 24.3 Å². The predicted molar refractivity (Wildman–Crippen MR) is 67.9 cm³/mol. The molecule has 21 heavy (non-hydrogen) atoms. The number of nitrogens with zero attached hydrogens (tertiary/aromatic N) is 1. The first-order chi connectivity index (χ1) is 9.87. The zero-order valence-corrected chi connectivity index (χ0v) is 11.4. The molecule has 1 aromatic carbocycles. The fraction of sp³-hybridized carbons (Fsp3) is 0.462. The minimum atomic E-state index is -4.59. The molecule has 0 bridgehead atoms. The van der Waals surface area contributed by atoms with E-state index >= 15 is 0 Å². The zero-order valence-electron chi connectivity index (χ0n) is 11.4. The molecule has 118 valence electrons. The van der Waals surface area contributed by atoms with Crippen LogP contribution in [0.3, 0.4) is 0 Å². The van der Waals surface area contributed by atoms with E-state index in [9.17, 15) is 18.0 Å². The standard InChI is InChI=1S/C13H16F3NO4/c1-20-11-5-3-2-4-10(11)8-17(6-7-18)12(19)21-9-13(14,15)16/h2-5,18H,6-9H2,1H3. The number of aliphatic hydroxyl groups excluding tert-OH is 1. The van der Waals surface area contributed by atoms with Gasteiger partial charge in [0.2, 0.25) is 0 Å². The number of amides is 1. The summed E-state index contributed by atoms with van der Waals surface area (Å²) < 4.78 is 45.4. The van der Waals surface area contributed by atoms with Crippen molar-refractivity contribution in [3.8, 4) is 5.75 Å². The van der Waals surface area contributed by atoms with Crippen LogP contribution in [0.5, 0.6) is 5.75 Å². The van der Waals surface area contributed by atoms with Gasteiger partial charge in [-0.3, -0.25) is 0 Å². The van der Waals surface area contributed by atoms with E-state index in [0.717, 1.165) is 4.90 Å². The molecule has 0 aliphatic rings. The van der Waals surface area contributed by atoms with Crippen LogP contribution in [0.4, 0.5) is 18.0 Å².